The SMILES string of the molecule is Cl.Cn1c(=O)[nH]c(=O)c2cc(S(=O)(=O)O)ccc21. The van der Waals surface area contributed by atoms with Crippen molar-refractivity contribution in [3.63, 3.8) is 0 Å². The van der Waals surface area contributed by atoms with Crippen LogP contribution in [0.5, 0.6) is 0 Å². The molecule has 1 aromatic heterocycles. The molecule has 1 aromatic carbocycles. The van der Waals surface area contributed by atoms with Crippen LogP contribution in [-0.4, -0.2) is 22.5 Å². The van der Waals surface area contributed by atoms with Crippen LogP contribution >= 0.6 is 12.4 Å². The van der Waals surface area contributed by atoms with E-state index in [2.05, 4.69) is 0 Å². The lowest BCUT2D eigenvalue weighted by molar-refractivity contribution is 0.483. The summed E-state index contributed by atoms with van der Waals surface area (Å²) < 4.78 is 31.9. The Balaban J connectivity index is 0.00000162. The Kier molecular flexibility index (Phi) is 3.65. The molecule has 0 aliphatic carbocycles. The zero-order valence-electron chi connectivity index (χ0n) is 9.08. The maximum Gasteiger partial charge on any atom is 0.328 e. The molecule has 0 bridgehead atoms. The van der Waals surface area contributed by atoms with Gasteiger partial charge in [0, 0.05) is 7.05 Å². The van der Waals surface area contributed by atoms with E-state index in [1.807, 2.05) is 4.98 Å². The summed E-state index contributed by atoms with van der Waals surface area (Å²) in [6.07, 6.45) is 0. The molecule has 2 N–H and O–H groups in total. The van der Waals surface area contributed by atoms with Gasteiger partial charge in [-0.25, -0.2) is 4.79 Å². The third-order valence-electron chi connectivity index (χ3n) is 2.40. The van der Waals surface area contributed by atoms with Gasteiger partial charge in [-0.15, -0.1) is 12.4 Å². The number of H-pyrrole nitrogens is 1. The lowest BCUT2D eigenvalue weighted by Crippen LogP contribution is -2.28. The van der Waals surface area contributed by atoms with Crippen LogP contribution in [0.4, 0.5) is 0 Å². The summed E-state index contributed by atoms with van der Waals surface area (Å²) in [4.78, 5) is 24.4. The van der Waals surface area contributed by atoms with Gasteiger partial charge in [-0.05, 0) is 18.2 Å². The lowest BCUT2D eigenvalue weighted by Gasteiger charge is -2.04. The fraction of sp³-hybridized carbons (Fsp3) is 0.111. The van der Waals surface area contributed by atoms with Crippen LogP contribution in [0.15, 0.2) is 32.7 Å². The van der Waals surface area contributed by atoms with Crippen LogP contribution in [0.25, 0.3) is 10.9 Å². The van der Waals surface area contributed by atoms with Crippen LogP contribution in [0.3, 0.4) is 0 Å². The molecular weight excluding hydrogens is 284 g/mol. The standard InChI is InChI=1S/C9H8N2O5S.ClH/c1-11-7-3-2-5(17(14,15)16)4-6(7)8(12)10-9(11)13;/h2-4H,1H3,(H,10,12,13)(H,14,15,16);1H. The fourth-order valence-electron chi connectivity index (χ4n) is 1.51. The van der Waals surface area contributed by atoms with E-state index in [1.165, 1.54) is 17.7 Å². The third-order valence-corrected chi connectivity index (χ3v) is 3.25. The van der Waals surface area contributed by atoms with Gasteiger partial charge in [0.1, 0.15) is 0 Å². The third kappa shape index (κ3) is 2.30. The van der Waals surface area contributed by atoms with E-state index in [0.717, 1.165) is 12.1 Å². The summed E-state index contributed by atoms with van der Waals surface area (Å²) in [5.74, 6) is 0. The minimum Gasteiger partial charge on any atom is -0.296 e. The molecule has 2 rings (SSSR count). The van der Waals surface area contributed by atoms with Crippen molar-refractivity contribution in [2.24, 2.45) is 7.05 Å². The maximum atomic E-state index is 11.5. The monoisotopic (exact) mass is 292 g/mol. The van der Waals surface area contributed by atoms with Crippen LogP contribution in [0, 0.1) is 0 Å². The highest BCUT2D eigenvalue weighted by Gasteiger charge is 2.12. The number of aryl methyl sites for hydroxylation is 1. The van der Waals surface area contributed by atoms with E-state index < -0.39 is 26.3 Å². The molecule has 0 saturated heterocycles. The van der Waals surface area contributed by atoms with E-state index in [9.17, 15) is 18.0 Å². The number of rotatable bonds is 1. The van der Waals surface area contributed by atoms with Crippen molar-refractivity contribution in [3.05, 3.63) is 39.0 Å². The summed E-state index contributed by atoms with van der Waals surface area (Å²) in [7, 11) is -2.94. The number of hydrogen-bond acceptors (Lipinski definition) is 4. The van der Waals surface area contributed by atoms with Crippen LogP contribution in [-0.2, 0) is 17.2 Å². The molecule has 0 atom stereocenters. The van der Waals surface area contributed by atoms with Gasteiger partial charge in [-0.2, -0.15) is 8.42 Å². The summed E-state index contributed by atoms with van der Waals surface area (Å²) in [5, 5.41) is 0.0159. The molecule has 0 unspecified atom stereocenters. The van der Waals surface area contributed by atoms with Crippen molar-refractivity contribution in [3.8, 4) is 0 Å². The number of benzene rings is 1. The second-order valence-electron chi connectivity index (χ2n) is 3.47. The topological polar surface area (TPSA) is 109 Å². The van der Waals surface area contributed by atoms with Gasteiger partial charge in [0.2, 0.25) is 0 Å². The van der Waals surface area contributed by atoms with Gasteiger partial charge >= 0.3 is 5.69 Å². The average Bonchev–Trinajstić information content (AvgIpc) is 2.24. The van der Waals surface area contributed by atoms with Crippen molar-refractivity contribution >= 4 is 33.4 Å². The smallest absolute Gasteiger partial charge is 0.296 e. The average molecular weight is 293 g/mol. The Labute approximate surface area is 107 Å². The molecule has 98 valence electrons. The van der Waals surface area contributed by atoms with Gasteiger partial charge in [0.05, 0.1) is 15.8 Å². The van der Waals surface area contributed by atoms with Crippen LogP contribution < -0.4 is 11.2 Å². The normalized spacial score (nSPS) is 11.2. The first-order valence-corrected chi connectivity index (χ1v) is 5.95. The number of nitrogens with zero attached hydrogens (tertiary/aromatic N) is 1. The van der Waals surface area contributed by atoms with Crippen LogP contribution in [0.1, 0.15) is 0 Å². The highest BCUT2D eigenvalue weighted by Crippen LogP contribution is 2.14. The van der Waals surface area contributed by atoms with Crippen LogP contribution in [0.2, 0.25) is 0 Å². The predicted molar refractivity (Wildman–Crippen MR) is 66.9 cm³/mol. The Bertz CT molecular complexity index is 821. The summed E-state index contributed by atoms with van der Waals surface area (Å²) in [6, 6.07) is 3.43. The number of hydrogen-bond donors (Lipinski definition) is 2. The van der Waals surface area contributed by atoms with E-state index in [0.29, 0.717) is 0 Å². The summed E-state index contributed by atoms with van der Waals surface area (Å²) >= 11 is 0. The first-order chi connectivity index (χ1) is 7.80. The Morgan fingerprint density at radius 1 is 1.28 bits per heavy atom. The second kappa shape index (κ2) is 4.56. The molecule has 18 heavy (non-hydrogen) atoms. The Morgan fingerprint density at radius 2 is 1.89 bits per heavy atom. The predicted octanol–water partition coefficient (Wildman–Crippen LogP) is -0.105. The van der Waals surface area contributed by atoms with Gasteiger partial charge in [-0.3, -0.25) is 18.9 Å². The molecule has 0 aliphatic rings. The Hall–Kier alpha value is -1.64. The molecule has 0 aliphatic heterocycles. The van der Waals surface area contributed by atoms with Crippen molar-refractivity contribution < 1.29 is 13.0 Å². The molecule has 2 aromatic rings. The number of fused-ring (bicyclic) bond motifs is 1. The molecule has 0 spiro atoms. The van der Waals surface area contributed by atoms with Gasteiger partial charge in [0.15, 0.2) is 0 Å². The van der Waals surface area contributed by atoms with E-state index in [1.54, 1.807) is 0 Å². The summed E-state index contributed by atoms with van der Waals surface area (Å²) in [6.45, 7) is 0. The zero-order chi connectivity index (χ0) is 12.8. The number of aromatic amines is 1. The van der Waals surface area contributed by atoms with E-state index in [4.69, 9.17) is 4.55 Å². The highest BCUT2D eigenvalue weighted by atomic mass is 35.5. The molecular formula is C9H9ClN2O5S. The van der Waals surface area contributed by atoms with Gasteiger partial charge in [-0.1, -0.05) is 0 Å². The minimum atomic E-state index is -4.37. The van der Waals surface area contributed by atoms with E-state index >= 15 is 0 Å². The van der Waals surface area contributed by atoms with Crippen molar-refractivity contribution in [1.29, 1.82) is 0 Å². The second-order valence-corrected chi connectivity index (χ2v) is 4.89. The highest BCUT2D eigenvalue weighted by molar-refractivity contribution is 7.85. The molecule has 1 heterocycles. The lowest BCUT2D eigenvalue weighted by atomic mass is 10.2. The molecule has 0 saturated carbocycles. The molecule has 0 amide bonds. The van der Waals surface area contributed by atoms with Gasteiger partial charge < -0.3 is 0 Å². The molecule has 0 radical (unpaired) electrons. The Morgan fingerprint density at radius 3 is 2.44 bits per heavy atom. The molecule has 9 heteroatoms. The van der Waals surface area contributed by atoms with Gasteiger partial charge in [0.25, 0.3) is 15.7 Å². The fourth-order valence-corrected chi connectivity index (χ4v) is 2.01. The maximum absolute atomic E-state index is 11.5. The first kappa shape index (κ1) is 14.4. The molecule has 7 nitrogen and oxygen atoms in total. The number of halogens is 1. The number of aromatic nitrogens is 2. The first-order valence-electron chi connectivity index (χ1n) is 4.51. The minimum absolute atomic E-state index is 0. The largest absolute Gasteiger partial charge is 0.328 e. The zero-order valence-corrected chi connectivity index (χ0v) is 10.7. The quantitative estimate of drug-likeness (QED) is 0.713. The molecule has 0 fully saturated rings. The van der Waals surface area contributed by atoms with Crippen molar-refractivity contribution in [2.45, 2.75) is 4.90 Å². The van der Waals surface area contributed by atoms with Crippen molar-refractivity contribution in [1.82, 2.24) is 9.55 Å². The van der Waals surface area contributed by atoms with E-state index in [-0.39, 0.29) is 23.3 Å². The summed E-state index contributed by atoms with van der Waals surface area (Å²) in [5.41, 5.74) is -1.01. The number of nitrogens with one attached hydrogen (secondary N) is 1. The van der Waals surface area contributed by atoms with Crippen molar-refractivity contribution in [2.75, 3.05) is 0 Å².